The van der Waals surface area contributed by atoms with Crippen molar-refractivity contribution in [1.29, 1.82) is 0 Å². The van der Waals surface area contributed by atoms with Crippen LogP contribution in [0.3, 0.4) is 0 Å². The summed E-state index contributed by atoms with van der Waals surface area (Å²) in [4.78, 5) is 21.7. The molecule has 33 heavy (non-hydrogen) atoms. The second-order valence-electron chi connectivity index (χ2n) is 8.78. The van der Waals surface area contributed by atoms with E-state index < -0.39 is 5.60 Å². The number of nitrogens with zero attached hydrogens (tertiary/aromatic N) is 3. The number of amides is 1. The molecule has 2 aromatic heterocycles. The van der Waals surface area contributed by atoms with Gasteiger partial charge in [0.25, 0.3) is 5.91 Å². The first-order chi connectivity index (χ1) is 15.9. The molecule has 4 aromatic rings. The molecule has 0 bridgehead atoms. The molecular formula is C26H25FN4O2. The van der Waals surface area contributed by atoms with E-state index in [1.54, 1.807) is 36.7 Å². The zero-order valence-corrected chi connectivity index (χ0v) is 18.4. The maximum atomic E-state index is 14.1. The minimum atomic E-state index is -0.801. The lowest BCUT2D eigenvalue weighted by molar-refractivity contribution is 0.0449. The van der Waals surface area contributed by atoms with Crippen molar-refractivity contribution in [3.05, 3.63) is 78.0 Å². The molecule has 2 N–H and O–H groups in total. The molecule has 0 atom stereocenters. The Hall–Kier alpha value is -3.58. The van der Waals surface area contributed by atoms with Gasteiger partial charge in [-0.25, -0.2) is 14.4 Å². The lowest BCUT2D eigenvalue weighted by atomic mass is 10.0. The minimum absolute atomic E-state index is 0.224. The van der Waals surface area contributed by atoms with Gasteiger partial charge in [-0.2, -0.15) is 0 Å². The molecule has 0 spiro atoms. The van der Waals surface area contributed by atoms with Crippen LogP contribution in [0.4, 0.5) is 4.39 Å². The fraction of sp³-hybridized carbons (Fsp3) is 0.269. The van der Waals surface area contributed by atoms with Crippen LogP contribution in [-0.2, 0) is 0 Å². The first-order valence-electron chi connectivity index (χ1n) is 11.1. The lowest BCUT2D eigenvalue weighted by Crippen LogP contribution is -2.40. The van der Waals surface area contributed by atoms with Gasteiger partial charge in [-0.15, -0.1) is 0 Å². The third-order valence-electron chi connectivity index (χ3n) is 6.42. The molecule has 2 heterocycles. The van der Waals surface area contributed by atoms with Crippen molar-refractivity contribution in [2.24, 2.45) is 0 Å². The van der Waals surface area contributed by atoms with Crippen molar-refractivity contribution in [1.82, 2.24) is 19.9 Å². The van der Waals surface area contributed by atoms with Gasteiger partial charge in [-0.1, -0.05) is 37.1 Å². The zero-order chi connectivity index (χ0) is 23.0. The van der Waals surface area contributed by atoms with E-state index in [0.29, 0.717) is 35.5 Å². The Balaban J connectivity index is 1.44. The summed E-state index contributed by atoms with van der Waals surface area (Å²) in [5.41, 5.74) is 2.57. The number of halogens is 1. The third kappa shape index (κ3) is 4.12. The van der Waals surface area contributed by atoms with E-state index in [0.717, 1.165) is 29.3 Å². The Labute approximate surface area is 191 Å². The molecule has 0 aliphatic heterocycles. The van der Waals surface area contributed by atoms with Gasteiger partial charge in [0.15, 0.2) is 0 Å². The average molecular weight is 445 g/mol. The van der Waals surface area contributed by atoms with Crippen molar-refractivity contribution in [3.8, 4) is 17.1 Å². The Bertz CT molecular complexity index is 1320. The number of aryl methyl sites for hydroxylation is 1. The third-order valence-corrected chi connectivity index (χ3v) is 6.42. The minimum Gasteiger partial charge on any atom is -0.388 e. The summed E-state index contributed by atoms with van der Waals surface area (Å²) in [5, 5.41) is 14.4. The van der Waals surface area contributed by atoms with Gasteiger partial charge in [0.1, 0.15) is 5.82 Å². The maximum absolute atomic E-state index is 14.1. The predicted octanol–water partition coefficient (Wildman–Crippen LogP) is 4.57. The molecule has 168 valence electrons. The molecule has 0 saturated heterocycles. The smallest absolute Gasteiger partial charge is 0.251 e. The number of carbonyl (C=O) groups is 1. The molecule has 1 amide bonds. The largest absolute Gasteiger partial charge is 0.388 e. The normalized spacial score (nSPS) is 15.1. The highest BCUT2D eigenvalue weighted by atomic mass is 19.1. The zero-order valence-electron chi connectivity index (χ0n) is 18.4. The van der Waals surface area contributed by atoms with Crippen molar-refractivity contribution in [2.45, 2.75) is 38.2 Å². The number of hydrogen-bond acceptors (Lipinski definition) is 4. The number of hydrogen-bond donors (Lipinski definition) is 2. The number of rotatable bonds is 5. The van der Waals surface area contributed by atoms with Crippen LogP contribution in [0.5, 0.6) is 0 Å². The van der Waals surface area contributed by atoms with E-state index in [4.69, 9.17) is 0 Å². The summed E-state index contributed by atoms with van der Waals surface area (Å²) in [5.74, 6) is -0.113. The number of fused-ring (bicyclic) bond motifs is 1. The Morgan fingerprint density at radius 2 is 1.88 bits per heavy atom. The molecule has 5 rings (SSSR count). The molecular weight excluding hydrogens is 419 g/mol. The highest BCUT2D eigenvalue weighted by Gasteiger charge is 2.31. The van der Waals surface area contributed by atoms with E-state index in [1.807, 2.05) is 29.8 Å². The number of aromatic nitrogens is 3. The maximum Gasteiger partial charge on any atom is 0.251 e. The fourth-order valence-electron chi connectivity index (χ4n) is 4.54. The molecule has 0 unspecified atom stereocenters. The van der Waals surface area contributed by atoms with Gasteiger partial charge in [-0.05, 0) is 43.5 Å². The summed E-state index contributed by atoms with van der Waals surface area (Å²) in [6.45, 7) is 2.24. The van der Waals surface area contributed by atoms with Crippen LogP contribution in [0.15, 0.2) is 61.1 Å². The second-order valence-corrected chi connectivity index (χ2v) is 8.78. The molecule has 1 saturated carbocycles. The Morgan fingerprint density at radius 3 is 2.61 bits per heavy atom. The highest BCUT2D eigenvalue weighted by molar-refractivity contribution is 5.99. The monoisotopic (exact) mass is 444 g/mol. The van der Waals surface area contributed by atoms with Gasteiger partial charge in [-0.3, -0.25) is 9.36 Å². The van der Waals surface area contributed by atoms with Crippen molar-refractivity contribution < 1.29 is 14.3 Å². The average Bonchev–Trinajstić information content (AvgIpc) is 3.41. The van der Waals surface area contributed by atoms with Gasteiger partial charge in [0.2, 0.25) is 5.95 Å². The van der Waals surface area contributed by atoms with Crippen molar-refractivity contribution in [2.75, 3.05) is 6.54 Å². The molecule has 1 aliphatic rings. The van der Waals surface area contributed by atoms with E-state index in [-0.39, 0.29) is 18.3 Å². The van der Waals surface area contributed by atoms with Crippen LogP contribution >= 0.6 is 0 Å². The second kappa shape index (κ2) is 8.41. The molecule has 6 nitrogen and oxygen atoms in total. The van der Waals surface area contributed by atoms with Crippen LogP contribution in [0, 0.1) is 12.7 Å². The van der Waals surface area contributed by atoms with E-state index >= 15 is 0 Å². The van der Waals surface area contributed by atoms with Crippen LogP contribution in [0.25, 0.3) is 28.0 Å². The first-order valence-corrected chi connectivity index (χ1v) is 11.1. The van der Waals surface area contributed by atoms with Crippen LogP contribution in [-0.4, -0.2) is 37.7 Å². The number of nitrogens with one attached hydrogen (secondary N) is 1. The summed E-state index contributed by atoms with van der Waals surface area (Å²) < 4.78 is 15.9. The first kappa shape index (κ1) is 21.3. The van der Waals surface area contributed by atoms with Crippen LogP contribution in [0.2, 0.25) is 0 Å². The lowest BCUT2D eigenvalue weighted by Gasteiger charge is -2.22. The number of aliphatic hydroxyl groups is 1. The number of carbonyl (C=O) groups excluding carboxylic acids is 1. The van der Waals surface area contributed by atoms with Gasteiger partial charge >= 0.3 is 0 Å². The molecule has 7 heteroatoms. The van der Waals surface area contributed by atoms with Gasteiger partial charge in [0, 0.05) is 47.2 Å². The van der Waals surface area contributed by atoms with Gasteiger partial charge in [0.05, 0.1) is 11.1 Å². The molecule has 1 aliphatic carbocycles. The van der Waals surface area contributed by atoms with Gasteiger partial charge < -0.3 is 10.4 Å². The summed E-state index contributed by atoms with van der Waals surface area (Å²) in [6.07, 6.45) is 8.53. The highest BCUT2D eigenvalue weighted by Crippen LogP contribution is 2.29. The predicted molar refractivity (Wildman–Crippen MR) is 125 cm³/mol. The quantitative estimate of drug-likeness (QED) is 0.473. The standard InChI is InChI=1S/C26H25FN4O2/c1-17-15-31(25-28-13-19(14-29-25)21-6-2-3-7-22(21)27)23-12-18(8-9-20(17)23)24(32)30-16-26(33)10-4-5-11-26/h2-3,6-9,12-15,33H,4-5,10-11,16H2,1H3,(H,30,32). The van der Waals surface area contributed by atoms with E-state index in [2.05, 4.69) is 15.3 Å². The SMILES string of the molecule is Cc1cn(-c2ncc(-c3ccccc3F)cn2)c2cc(C(=O)NCC3(O)CCCC3)ccc12. The van der Waals surface area contributed by atoms with Crippen LogP contribution in [0.1, 0.15) is 41.6 Å². The number of benzene rings is 2. The Morgan fingerprint density at radius 1 is 1.15 bits per heavy atom. The summed E-state index contributed by atoms with van der Waals surface area (Å²) >= 11 is 0. The summed E-state index contributed by atoms with van der Waals surface area (Å²) in [7, 11) is 0. The topological polar surface area (TPSA) is 80.0 Å². The van der Waals surface area contributed by atoms with Crippen molar-refractivity contribution in [3.63, 3.8) is 0 Å². The fourth-order valence-corrected chi connectivity index (χ4v) is 4.54. The molecule has 2 aromatic carbocycles. The van der Waals surface area contributed by atoms with Crippen molar-refractivity contribution >= 4 is 16.8 Å². The molecule has 0 radical (unpaired) electrons. The van der Waals surface area contributed by atoms with E-state index in [1.165, 1.54) is 6.07 Å². The molecule has 1 fully saturated rings. The van der Waals surface area contributed by atoms with E-state index in [9.17, 15) is 14.3 Å². The summed E-state index contributed by atoms with van der Waals surface area (Å²) in [6, 6.07) is 12.0. The Kier molecular flexibility index (Phi) is 5.42. The van der Waals surface area contributed by atoms with Crippen LogP contribution < -0.4 is 5.32 Å².